The molecule has 0 amide bonds. The van der Waals surface area contributed by atoms with E-state index in [0.717, 1.165) is 6.07 Å². The number of carboxylic acids is 1. The van der Waals surface area contributed by atoms with E-state index in [-0.39, 0.29) is 11.6 Å². The molecule has 1 aromatic carbocycles. The second-order valence-electron chi connectivity index (χ2n) is 4.14. The molecular formula is C12H16FNO2. The summed E-state index contributed by atoms with van der Waals surface area (Å²) in [4.78, 5) is 10.9. The highest BCUT2D eigenvalue weighted by atomic mass is 19.1. The molecule has 0 aliphatic rings. The Kier molecular flexibility index (Phi) is 3.88. The first-order valence-electron chi connectivity index (χ1n) is 5.21. The van der Waals surface area contributed by atoms with Crippen molar-refractivity contribution >= 4 is 11.7 Å². The first-order chi connectivity index (χ1) is 7.43. The fraction of sp³-hybridized carbons (Fsp3) is 0.417. The smallest absolute Gasteiger partial charge is 0.340 e. The molecule has 4 heteroatoms. The van der Waals surface area contributed by atoms with Gasteiger partial charge in [0.25, 0.3) is 0 Å². The van der Waals surface area contributed by atoms with Crippen molar-refractivity contribution in [2.75, 3.05) is 5.32 Å². The lowest BCUT2D eigenvalue weighted by Crippen LogP contribution is -2.23. The van der Waals surface area contributed by atoms with E-state index in [4.69, 9.17) is 5.11 Å². The topological polar surface area (TPSA) is 49.3 Å². The summed E-state index contributed by atoms with van der Waals surface area (Å²) < 4.78 is 13.3. The summed E-state index contributed by atoms with van der Waals surface area (Å²) in [5.74, 6) is -1.63. The van der Waals surface area contributed by atoms with Crippen molar-refractivity contribution in [3.63, 3.8) is 0 Å². The van der Waals surface area contributed by atoms with Crippen LogP contribution in [0, 0.1) is 11.7 Å². The largest absolute Gasteiger partial charge is 0.478 e. The third kappa shape index (κ3) is 2.72. The van der Waals surface area contributed by atoms with E-state index in [1.54, 1.807) is 6.07 Å². The maximum Gasteiger partial charge on any atom is 0.340 e. The first-order valence-corrected chi connectivity index (χ1v) is 5.21. The van der Waals surface area contributed by atoms with Gasteiger partial charge in [0, 0.05) is 6.04 Å². The molecule has 88 valence electrons. The summed E-state index contributed by atoms with van der Waals surface area (Å²) in [5.41, 5.74) is 0.0312. The Morgan fingerprint density at radius 3 is 2.50 bits per heavy atom. The van der Waals surface area contributed by atoms with Crippen LogP contribution in [0.1, 0.15) is 31.1 Å². The number of nitrogens with one attached hydrogen (secondary N) is 1. The van der Waals surface area contributed by atoms with Crippen LogP contribution in [0.25, 0.3) is 0 Å². The highest BCUT2D eigenvalue weighted by Crippen LogP contribution is 2.21. The highest BCUT2D eigenvalue weighted by Gasteiger charge is 2.17. The third-order valence-electron chi connectivity index (χ3n) is 2.61. The maximum absolute atomic E-state index is 13.3. The Labute approximate surface area is 94.3 Å². The molecule has 0 saturated carbocycles. The number of halogens is 1. The lowest BCUT2D eigenvalue weighted by atomic mass is 10.0. The summed E-state index contributed by atoms with van der Waals surface area (Å²) in [6, 6.07) is 4.30. The Morgan fingerprint density at radius 2 is 2.00 bits per heavy atom. The van der Waals surface area contributed by atoms with Crippen LogP contribution in [-0.4, -0.2) is 17.1 Å². The summed E-state index contributed by atoms with van der Waals surface area (Å²) in [7, 11) is 0. The Balaban J connectivity index is 3.04. The van der Waals surface area contributed by atoms with Crippen LogP contribution in [0.15, 0.2) is 18.2 Å². The lowest BCUT2D eigenvalue weighted by molar-refractivity contribution is 0.0693. The average Bonchev–Trinajstić information content (AvgIpc) is 2.16. The van der Waals surface area contributed by atoms with Crippen molar-refractivity contribution in [3.05, 3.63) is 29.6 Å². The number of hydrogen-bond donors (Lipinski definition) is 2. The van der Waals surface area contributed by atoms with Crippen molar-refractivity contribution in [3.8, 4) is 0 Å². The van der Waals surface area contributed by atoms with E-state index in [1.807, 2.05) is 20.8 Å². The van der Waals surface area contributed by atoms with Crippen LogP contribution in [0.5, 0.6) is 0 Å². The molecule has 0 saturated heterocycles. The monoisotopic (exact) mass is 225 g/mol. The average molecular weight is 225 g/mol. The van der Waals surface area contributed by atoms with Gasteiger partial charge in [-0.3, -0.25) is 0 Å². The summed E-state index contributed by atoms with van der Waals surface area (Å²) in [6.07, 6.45) is 0. The predicted molar refractivity (Wildman–Crippen MR) is 61.3 cm³/mol. The van der Waals surface area contributed by atoms with Crippen LogP contribution < -0.4 is 5.32 Å². The molecule has 16 heavy (non-hydrogen) atoms. The normalized spacial score (nSPS) is 12.6. The second kappa shape index (κ2) is 4.96. The fourth-order valence-electron chi connectivity index (χ4n) is 1.27. The summed E-state index contributed by atoms with van der Waals surface area (Å²) >= 11 is 0. The number of benzene rings is 1. The van der Waals surface area contributed by atoms with E-state index in [9.17, 15) is 9.18 Å². The Bertz CT molecular complexity index is 391. The zero-order valence-electron chi connectivity index (χ0n) is 9.62. The molecular weight excluding hydrogens is 209 g/mol. The number of anilines is 1. The van der Waals surface area contributed by atoms with Gasteiger partial charge in [0.1, 0.15) is 11.4 Å². The number of carboxylic acid groups (broad SMARTS) is 1. The van der Waals surface area contributed by atoms with Crippen molar-refractivity contribution in [1.82, 2.24) is 0 Å². The first kappa shape index (κ1) is 12.5. The van der Waals surface area contributed by atoms with Crippen LogP contribution in [0.2, 0.25) is 0 Å². The zero-order chi connectivity index (χ0) is 12.3. The summed E-state index contributed by atoms with van der Waals surface area (Å²) in [6.45, 7) is 5.95. The maximum atomic E-state index is 13.3. The molecule has 1 aromatic rings. The number of carbonyl (C=O) groups is 1. The molecule has 0 aliphatic heterocycles. The van der Waals surface area contributed by atoms with Crippen LogP contribution >= 0.6 is 0 Å². The second-order valence-corrected chi connectivity index (χ2v) is 4.14. The highest BCUT2D eigenvalue weighted by molar-refractivity contribution is 5.94. The molecule has 0 aromatic heterocycles. The minimum atomic E-state index is -1.25. The number of hydrogen-bond acceptors (Lipinski definition) is 2. The Hall–Kier alpha value is -1.58. The number of rotatable bonds is 4. The van der Waals surface area contributed by atoms with Gasteiger partial charge in [-0.05, 0) is 25.0 Å². The molecule has 0 aliphatic carbocycles. The lowest BCUT2D eigenvalue weighted by Gasteiger charge is -2.20. The van der Waals surface area contributed by atoms with E-state index in [1.165, 1.54) is 6.07 Å². The fourth-order valence-corrected chi connectivity index (χ4v) is 1.27. The molecule has 0 radical (unpaired) electrons. The van der Waals surface area contributed by atoms with Gasteiger partial charge in [0.2, 0.25) is 0 Å². The van der Waals surface area contributed by atoms with E-state index in [2.05, 4.69) is 5.32 Å². The van der Waals surface area contributed by atoms with Crippen molar-refractivity contribution in [2.45, 2.75) is 26.8 Å². The van der Waals surface area contributed by atoms with Gasteiger partial charge in [0.15, 0.2) is 0 Å². The zero-order valence-corrected chi connectivity index (χ0v) is 9.62. The van der Waals surface area contributed by atoms with Gasteiger partial charge < -0.3 is 10.4 Å². The van der Waals surface area contributed by atoms with Gasteiger partial charge in [0.05, 0.1) is 5.69 Å². The Morgan fingerprint density at radius 1 is 1.38 bits per heavy atom. The van der Waals surface area contributed by atoms with Gasteiger partial charge in [-0.25, -0.2) is 9.18 Å². The molecule has 2 N–H and O–H groups in total. The molecule has 1 unspecified atom stereocenters. The molecule has 0 fully saturated rings. The van der Waals surface area contributed by atoms with Crippen LogP contribution in [0.4, 0.5) is 10.1 Å². The standard InChI is InChI=1S/C12H16FNO2/c1-7(2)8(3)14-10-6-4-5-9(13)11(10)12(15)16/h4-8,14H,1-3H3,(H,15,16). The van der Waals surface area contributed by atoms with Crippen molar-refractivity contribution < 1.29 is 14.3 Å². The minimum Gasteiger partial charge on any atom is -0.478 e. The number of aromatic carboxylic acids is 1. The van der Waals surface area contributed by atoms with Crippen LogP contribution in [-0.2, 0) is 0 Å². The van der Waals surface area contributed by atoms with Gasteiger partial charge in [-0.15, -0.1) is 0 Å². The van der Waals surface area contributed by atoms with Crippen molar-refractivity contribution in [2.24, 2.45) is 5.92 Å². The van der Waals surface area contributed by atoms with E-state index in [0.29, 0.717) is 11.6 Å². The van der Waals surface area contributed by atoms with Gasteiger partial charge in [-0.2, -0.15) is 0 Å². The molecule has 0 heterocycles. The van der Waals surface area contributed by atoms with Gasteiger partial charge in [-0.1, -0.05) is 19.9 Å². The molecule has 0 spiro atoms. The van der Waals surface area contributed by atoms with E-state index < -0.39 is 11.8 Å². The molecule has 1 rings (SSSR count). The quantitative estimate of drug-likeness (QED) is 0.828. The van der Waals surface area contributed by atoms with Crippen LogP contribution in [0.3, 0.4) is 0 Å². The van der Waals surface area contributed by atoms with E-state index >= 15 is 0 Å². The molecule has 0 bridgehead atoms. The third-order valence-corrected chi connectivity index (χ3v) is 2.61. The summed E-state index contributed by atoms with van der Waals surface area (Å²) in [5, 5.41) is 11.9. The molecule has 1 atom stereocenters. The predicted octanol–water partition coefficient (Wildman–Crippen LogP) is 2.98. The SMILES string of the molecule is CC(C)C(C)Nc1cccc(F)c1C(=O)O. The molecule has 3 nitrogen and oxygen atoms in total. The minimum absolute atomic E-state index is 0.0832. The van der Waals surface area contributed by atoms with Crippen molar-refractivity contribution in [1.29, 1.82) is 0 Å². The van der Waals surface area contributed by atoms with Gasteiger partial charge >= 0.3 is 5.97 Å².